The Morgan fingerprint density at radius 2 is 1.78 bits per heavy atom. The molecule has 0 saturated heterocycles. The van der Waals surface area contributed by atoms with E-state index in [1.165, 1.54) is 6.07 Å². The van der Waals surface area contributed by atoms with Gasteiger partial charge >= 0.3 is 11.9 Å². The molecule has 0 aliphatic heterocycles. The van der Waals surface area contributed by atoms with Gasteiger partial charge in [0.1, 0.15) is 6.10 Å². The molecule has 0 bridgehead atoms. The highest BCUT2D eigenvalue weighted by Crippen LogP contribution is 2.28. The Labute approximate surface area is 147 Å². The normalized spacial score (nSPS) is 12.1. The molecule has 0 amide bonds. The van der Waals surface area contributed by atoms with Crippen LogP contribution in [-0.4, -0.2) is 18.0 Å². The van der Waals surface area contributed by atoms with E-state index in [0.717, 1.165) is 6.42 Å². The van der Waals surface area contributed by atoms with Crippen LogP contribution < -0.4 is 4.74 Å². The minimum absolute atomic E-state index is 0.0836. The topological polar surface area (TPSA) is 52.6 Å². The summed E-state index contributed by atoms with van der Waals surface area (Å²) >= 11 is 11.7. The first-order chi connectivity index (χ1) is 10.8. The van der Waals surface area contributed by atoms with Crippen LogP contribution in [0.3, 0.4) is 0 Å². The second kappa shape index (κ2) is 9.78. The quantitative estimate of drug-likeness (QED) is 0.480. The molecule has 0 radical (unpaired) electrons. The number of hydrogen-bond acceptors (Lipinski definition) is 4. The first-order valence-corrected chi connectivity index (χ1v) is 8.44. The second-order valence-electron chi connectivity index (χ2n) is 5.58. The Balaban J connectivity index is 2.36. The first-order valence-electron chi connectivity index (χ1n) is 7.68. The van der Waals surface area contributed by atoms with Gasteiger partial charge in [-0.1, -0.05) is 44.0 Å². The van der Waals surface area contributed by atoms with Gasteiger partial charge in [-0.2, -0.15) is 0 Å². The maximum absolute atomic E-state index is 11.8. The molecule has 0 spiro atoms. The summed E-state index contributed by atoms with van der Waals surface area (Å²) in [6.45, 7) is 5.99. The summed E-state index contributed by atoms with van der Waals surface area (Å²) in [5.74, 6) is -0.256. The lowest BCUT2D eigenvalue weighted by molar-refractivity contribution is -0.151. The molecule has 0 saturated carbocycles. The minimum Gasteiger partial charge on any atom is -0.462 e. The maximum atomic E-state index is 11.8. The van der Waals surface area contributed by atoms with Gasteiger partial charge in [0.15, 0.2) is 5.75 Å². The molecular weight excluding hydrogens is 339 g/mol. The van der Waals surface area contributed by atoms with Crippen molar-refractivity contribution in [3.05, 3.63) is 28.2 Å². The van der Waals surface area contributed by atoms with Crippen LogP contribution in [0, 0.1) is 5.92 Å². The summed E-state index contributed by atoms with van der Waals surface area (Å²) in [4.78, 5) is 23.5. The third-order valence-electron chi connectivity index (χ3n) is 3.31. The van der Waals surface area contributed by atoms with Crippen molar-refractivity contribution in [3.8, 4) is 5.75 Å². The molecular formula is C17H22Cl2O4. The Bertz CT molecular complexity index is 543. The Morgan fingerprint density at radius 1 is 1.13 bits per heavy atom. The van der Waals surface area contributed by atoms with Crippen LogP contribution in [0.1, 0.15) is 46.5 Å². The summed E-state index contributed by atoms with van der Waals surface area (Å²) in [5.41, 5.74) is 0. The molecule has 23 heavy (non-hydrogen) atoms. The van der Waals surface area contributed by atoms with Crippen molar-refractivity contribution in [1.82, 2.24) is 0 Å². The predicted molar refractivity (Wildman–Crippen MR) is 91.0 cm³/mol. The number of halogens is 2. The smallest absolute Gasteiger partial charge is 0.311 e. The molecule has 4 nitrogen and oxygen atoms in total. The largest absolute Gasteiger partial charge is 0.462 e. The monoisotopic (exact) mass is 360 g/mol. The van der Waals surface area contributed by atoms with Gasteiger partial charge < -0.3 is 9.47 Å². The van der Waals surface area contributed by atoms with Crippen LogP contribution >= 0.6 is 23.2 Å². The van der Waals surface area contributed by atoms with Gasteiger partial charge in [-0.25, -0.2) is 0 Å². The third kappa shape index (κ3) is 7.23. The number of carbonyl (C=O) groups is 2. The molecule has 0 N–H and O–H groups in total. The Kier molecular flexibility index (Phi) is 8.42. The van der Waals surface area contributed by atoms with Gasteiger partial charge in [0.2, 0.25) is 0 Å². The fraction of sp³-hybridized carbons (Fsp3) is 0.529. The molecule has 1 rings (SSSR count). The van der Waals surface area contributed by atoms with Crippen molar-refractivity contribution in [2.45, 2.75) is 52.6 Å². The van der Waals surface area contributed by atoms with Crippen molar-refractivity contribution in [2.75, 3.05) is 0 Å². The molecule has 0 fully saturated rings. The summed E-state index contributed by atoms with van der Waals surface area (Å²) in [7, 11) is 0. The van der Waals surface area contributed by atoms with E-state index < -0.39 is 5.97 Å². The molecule has 0 aromatic heterocycles. The van der Waals surface area contributed by atoms with E-state index in [2.05, 4.69) is 0 Å². The molecule has 1 atom stereocenters. The third-order valence-corrected chi connectivity index (χ3v) is 3.85. The van der Waals surface area contributed by atoms with Crippen LogP contribution in [0.15, 0.2) is 18.2 Å². The van der Waals surface area contributed by atoms with Gasteiger partial charge in [0.05, 0.1) is 5.02 Å². The highest BCUT2D eigenvalue weighted by atomic mass is 35.5. The Morgan fingerprint density at radius 3 is 2.39 bits per heavy atom. The van der Waals surface area contributed by atoms with Crippen LogP contribution in [0.4, 0.5) is 0 Å². The van der Waals surface area contributed by atoms with Gasteiger partial charge in [-0.05, 0) is 30.9 Å². The fourth-order valence-electron chi connectivity index (χ4n) is 2.02. The van der Waals surface area contributed by atoms with E-state index in [-0.39, 0.29) is 36.6 Å². The van der Waals surface area contributed by atoms with E-state index in [1.54, 1.807) is 12.1 Å². The highest BCUT2D eigenvalue weighted by molar-refractivity contribution is 6.34. The van der Waals surface area contributed by atoms with E-state index in [1.807, 2.05) is 20.8 Å². The maximum Gasteiger partial charge on any atom is 0.311 e. The summed E-state index contributed by atoms with van der Waals surface area (Å²) in [6.07, 6.45) is 1.35. The van der Waals surface area contributed by atoms with Gasteiger partial charge in [0, 0.05) is 23.9 Å². The Hall–Kier alpha value is -1.26. The SMILES string of the molecule is CCC(OC(=O)CCCC(=O)Oc1cc(Cl)ccc1Cl)C(C)C. The first kappa shape index (κ1) is 19.8. The van der Waals surface area contributed by atoms with Gasteiger partial charge in [0.25, 0.3) is 0 Å². The minimum atomic E-state index is -0.460. The van der Waals surface area contributed by atoms with Crippen molar-refractivity contribution < 1.29 is 19.1 Å². The fourth-order valence-corrected chi connectivity index (χ4v) is 2.34. The molecule has 0 aliphatic carbocycles. The second-order valence-corrected chi connectivity index (χ2v) is 6.43. The van der Waals surface area contributed by atoms with Crippen LogP contribution in [0.5, 0.6) is 5.75 Å². The van der Waals surface area contributed by atoms with Gasteiger partial charge in [-0.15, -0.1) is 0 Å². The predicted octanol–water partition coefficient (Wildman–Crippen LogP) is 5.05. The van der Waals surface area contributed by atoms with Crippen molar-refractivity contribution in [2.24, 2.45) is 5.92 Å². The lowest BCUT2D eigenvalue weighted by atomic mass is 10.1. The number of ether oxygens (including phenoxy) is 2. The molecule has 128 valence electrons. The highest BCUT2D eigenvalue weighted by Gasteiger charge is 2.17. The summed E-state index contributed by atoms with van der Waals surface area (Å²) < 4.78 is 10.5. The lowest BCUT2D eigenvalue weighted by Gasteiger charge is -2.19. The number of benzene rings is 1. The molecule has 0 heterocycles. The van der Waals surface area contributed by atoms with E-state index in [0.29, 0.717) is 16.5 Å². The van der Waals surface area contributed by atoms with E-state index in [9.17, 15) is 9.59 Å². The van der Waals surface area contributed by atoms with Crippen LogP contribution in [0.25, 0.3) is 0 Å². The van der Waals surface area contributed by atoms with Crippen LogP contribution in [-0.2, 0) is 14.3 Å². The van der Waals surface area contributed by atoms with Crippen molar-refractivity contribution in [1.29, 1.82) is 0 Å². The van der Waals surface area contributed by atoms with E-state index in [4.69, 9.17) is 32.7 Å². The van der Waals surface area contributed by atoms with E-state index >= 15 is 0 Å². The zero-order chi connectivity index (χ0) is 17.4. The summed E-state index contributed by atoms with van der Waals surface area (Å²) in [6, 6.07) is 4.64. The van der Waals surface area contributed by atoms with Crippen molar-refractivity contribution in [3.63, 3.8) is 0 Å². The summed E-state index contributed by atoms with van der Waals surface area (Å²) in [5, 5.41) is 0.741. The molecule has 6 heteroatoms. The molecule has 0 aliphatic rings. The van der Waals surface area contributed by atoms with Crippen LogP contribution in [0.2, 0.25) is 10.0 Å². The molecule has 1 aromatic rings. The lowest BCUT2D eigenvalue weighted by Crippen LogP contribution is -2.22. The average molecular weight is 361 g/mol. The van der Waals surface area contributed by atoms with Gasteiger partial charge in [-0.3, -0.25) is 9.59 Å². The van der Waals surface area contributed by atoms with Crippen molar-refractivity contribution >= 4 is 35.1 Å². The average Bonchev–Trinajstić information content (AvgIpc) is 2.48. The number of carbonyl (C=O) groups excluding carboxylic acids is 2. The number of hydrogen-bond donors (Lipinski definition) is 0. The zero-order valence-electron chi connectivity index (χ0n) is 13.6. The zero-order valence-corrected chi connectivity index (χ0v) is 15.1. The molecule has 1 unspecified atom stereocenters. The molecule has 1 aromatic carbocycles. The number of rotatable bonds is 8. The number of esters is 2. The standard InChI is InChI=1S/C17H22Cl2O4/c1-4-14(11(2)3)22-16(20)6-5-7-17(21)23-15-10-12(18)8-9-13(15)19/h8-11,14H,4-7H2,1-3H3.